The SMILES string of the molecule is Cc1c(C(=O)NC2CCCc3c2cnn3C)cnn1-c1ccc(C(F)(F)F)cn1. The van der Waals surface area contributed by atoms with Crippen LogP contribution in [0.15, 0.2) is 30.7 Å². The standard InChI is InChI=1S/C19H19F3N6O/c1-11-13(9-25-28(11)17-7-6-12(8-23-17)19(20,21)22)18(29)26-15-4-3-5-16-14(15)10-24-27(16)2/h6-10,15H,3-5H2,1-2H3,(H,26,29). The van der Waals surface area contributed by atoms with E-state index in [9.17, 15) is 18.0 Å². The molecule has 29 heavy (non-hydrogen) atoms. The molecule has 0 radical (unpaired) electrons. The Kier molecular flexibility index (Phi) is 4.64. The molecule has 0 saturated heterocycles. The monoisotopic (exact) mass is 404 g/mol. The van der Waals surface area contributed by atoms with Crippen LogP contribution in [0.4, 0.5) is 13.2 Å². The van der Waals surface area contributed by atoms with Crippen molar-refractivity contribution in [2.24, 2.45) is 7.05 Å². The highest BCUT2D eigenvalue weighted by molar-refractivity contribution is 5.95. The smallest absolute Gasteiger partial charge is 0.345 e. The van der Waals surface area contributed by atoms with Gasteiger partial charge in [-0.1, -0.05) is 0 Å². The summed E-state index contributed by atoms with van der Waals surface area (Å²) in [5.41, 5.74) is 2.14. The third-order valence-corrected chi connectivity index (χ3v) is 5.23. The normalized spacial score (nSPS) is 16.5. The summed E-state index contributed by atoms with van der Waals surface area (Å²) >= 11 is 0. The Bertz CT molecular complexity index is 1050. The second-order valence-electron chi connectivity index (χ2n) is 7.05. The summed E-state index contributed by atoms with van der Waals surface area (Å²) in [6.07, 6.45) is 2.17. The van der Waals surface area contributed by atoms with E-state index in [1.54, 1.807) is 13.1 Å². The molecule has 0 saturated carbocycles. The quantitative estimate of drug-likeness (QED) is 0.728. The van der Waals surface area contributed by atoms with Crippen LogP contribution >= 0.6 is 0 Å². The number of pyridine rings is 1. The fourth-order valence-electron chi connectivity index (χ4n) is 3.63. The van der Waals surface area contributed by atoms with Gasteiger partial charge < -0.3 is 5.32 Å². The number of nitrogens with one attached hydrogen (secondary N) is 1. The lowest BCUT2D eigenvalue weighted by Gasteiger charge is -2.23. The van der Waals surface area contributed by atoms with Gasteiger partial charge in [0.25, 0.3) is 5.91 Å². The maximum Gasteiger partial charge on any atom is 0.417 e. The van der Waals surface area contributed by atoms with Crippen molar-refractivity contribution >= 4 is 5.91 Å². The molecule has 4 rings (SSSR count). The van der Waals surface area contributed by atoms with Crippen molar-refractivity contribution in [3.8, 4) is 5.82 Å². The molecular weight excluding hydrogens is 385 g/mol. The van der Waals surface area contributed by atoms with Crippen LogP contribution in [-0.4, -0.2) is 30.5 Å². The van der Waals surface area contributed by atoms with Crippen molar-refractivity contribution in [1.82, 2.24) is 29.9 Å². The van der Waals surface area contributed by atoms with Gasteiger partial charge in [0.15, 0.2) is 5.82 Å². The number of alkyl halides is 3. The van der Waals surface area contributed by atoms with E-state index < -0.39 is 11.7 Å². The van der Waals surface area contributed by atoms with Gasteiger partial charge in [-0.25, -0.2) is 9.67 Å². The average molecular weight is 404 g/mol. The zero-order valence-corrected chi connectivity index (χ0v) is 15.9. The summed E-state index contributed by atoms with van der Waals surface area (Å²) in [6, 6.07) is 2.04. The Morgan fingerprint density at radius 3 is 2.69 bits per heavy atom. The number of halogens is 3. The summed E-state index contributed by atoms with van der Waals surface area (Å²) in [7, 11) is 1.88. The third kappa shape index (κ3) is 3.50. The molecule has 0 fully saturated rings. The molecule has 1 aliphatic rings. The van der Waals surface area contributed by atoms with Crippen molar-refractivity contribution in [3.05, 3.63) is 58.8 Å². The van der Waals surface area contributed by atoms with E-state index in [1.807, 2.05) is 11.7 Å². The Labute approximate surface area is 164 Å². The van der Waals surface area contributed by atoms with Gasteiger partial charge in [0.2, 0.25) is 0 Å². The molecule has 0 bridgehead atoms. The van der Waals surface area contributed by atoms with Crippen LogP contribution < -0.4 is 5.32 Å². The van der Waals surface area contributed by atoms with E-state index in [-0.39, 0.29) is 17.8 Å². The molecule has 1 atom stereocenters. The van der Waals surface area contributed by atoms with E-state index in [4.69, 9.17) is 0 Å². The Hall–Kier alpha value is -3.17. The lowest BCUT2D eigenvalue weighted by molar-refractivity contribution is -0.137. The molecule has 1 unspecified atom stereocenters. The van der Waals surface area contributed by atoms with Crippen LogP contribution in [0.5, 0.6) is 0 Å². The maximum absolute atomic E-state index is 12.8. The predicted molar refractivity (Wildman–Crippen MR) is 97.5 cm³/mol. The van der Waals surface area contributed by atoms with Crippen LogP contribution in [0.25, 0.3) is 5.82 Å². The second-order valence-corrected chi connectivity index (χ2v) is 7.05. The molecule has 1 amide bonds. The molecule has 0 spiro atoms. The van der Waals surface area contributed by atoms with Crippen LogP contribution in [0, 0.1) is 6.92 Å². The van der Waals surface area contributed by atoms with E-state index >= 15 is 0 Å². The van der Waals surface area contributed by atoms with E-state index in [2.05, 4.69) is 20.5 Å². The molecule has 0 aromatic carbocycles. The summed E-state index contributed by atoms with van der Waals surface area (Å²) in [6.45, 7) is 1.68. The molecule has 0 aliphatic heterocycles. The number of nitrogens with zero attached hydrogens (tertiary/aromatic N) is 5. The molecule has 3 aromatic heterocycles. The van der Waals surface area contributed by atoms with Crippen molar-refractivity contribution in [2.75, 3.05) is 0 Å². The number of hydrogen-bond acceptors (Lipinski definition) is 4. The average Bonchev–Trinajstić information content (AvgIpc) is 3.25. The largest absolute Gasteiger partial charge is 0.417 e. The molecule has 7 nitrogen and oxygen atoms in total. The van der Waals surface area contributed by atoms with Crippen molar-refractivity contribution in [2.45, 2.75) is 38.4 Å². The Morgan fingerprint density at radius 2 is 2.00 bits per heavy atom. The van der Waals surface area contributed by atoms with Gasteiger partial charge in [0.05, 0.1) is 35.3 Å². The number of rotatable bonds is 3. The summed E-state index contributed by atoms with van der Waals surface area (Å²) < 4.78 is 41.3. The van der Waals surface area contributed by atoms with Crippen LogP contribution in [0.3, 0.4) is 0 Å². The number of amides is 1. The first kappa shape index (κ1) is 19.2. The second kappa shape index (κ2) is 7.02. The number of aromatic nitrogens is 5. The van der Waals surface area contributed by atoms with Gasteiger partial charge >= 0.3 is 6.18 Å². The first-order chi connectivity index (χ1) is 13.8. The van der Waals surface area contributed by atoms with Crippen LogP contribution in [-0.2, 0) is 19.6 Å². The first-order valence-corrected chi connectivity index (χ1v) is 9.15. The Balaban J connectivity index is 1.55. The molecule has 10 heteroatoms. The number of carbonyl (C=O) groups is 1. The van der Waals surface area contributed by atoms with Crippen molar-refractivity contribution < 1.29 is 18.0 Å². The maximum atomic E-state index is 12.8. The highest BCUT2D eigenvalue weighted by Gasteiger charge is 2.31. The van der Waals surface area contributed by atoms with Crippen LogP contribution in [0.2, 0.25) is 0 Å². The summed E-state index contributed by atoms with van der Waals surface area (Å²) in [5, 5.41) is 11.4. The van der Waals surface area contributed by atoms with Gasteiger partial charge in [0, 0.05) is 24.5 Å². The predicted octanol–water partition coefficient (Wildman–Crippen LogP) is 3.14. The number of hydrogen-bond donors (Lipinski definition) is 1. The van der Waals surface area contributed by atoms with Gasteiger partial charge in [-0.2, -0.15) is 23.4 Å². The zero-order valence-electron chi connectivity index (χ0n) is 15.9. The highest BCUT2D eigenvalue weighted by atomic mass is 19.4. The number of aryl methyl sites for hydroxylation is 1. The Morgan fingerprint density at radius 1 is 1.21 bits per heavy atom. The highest BCUT2D eigenvalue weighted by Crippen LogP contribution is 2.30. The zero-order chi connectivity index (χ0) is 20.8. The molecule has 1 N–H and O–H groups in total. The van der Waals surface area contributed by atoms with Gasteiger partial charge in [-0.15, -0.1) is 0 Å². The lowest BCUT2D eigenvalue weighted by atomic mass is 9.93. The number of fused-ring (bicyclic) bond motifs is 1. The van der Waals surface area contributed by atoms with Gasteiger partial charge in [-0.3, -0.25) is 9.48 Å². The van der Waals surface area contributed by atoms with Crippen molar-refractivity contribution in [3.63, 3.8) is 0 Å². The number of carbonyl (C=O) groups excluding carboxylic acids is 1. The fourth-order valence-corrected chi connectivity index (χ4v) is 3.63. The fraction of sp³-hybridized carbons (Fsp3) is 0.368. The molecule has 3 heterocycles. The lowest BCUT2D eigenvalue weighted by Crippen LogP contribution is -2.31. The topological polar surface area (TPSA) is 77.6 Å². The summed E-state index contributed by atoms with van der Waals surface area (Å²) in [5.74, 6) is -0.0795. The minimum atomic E-state index is -4.46. The molecule has 1 aliphatic carbocycles. The third-order valence-electron chi connectivity index (χ3n) is 5.23. The molecule has 152 valence electrons. The minimum absolute atomic E-state index is 0.133. The molecule has 3 aromatic rings. The summed E-state index contributed by atoms with van der Waals surface area (Å²) in [4.78, 5) is 16.7. The van der Waals surface area contributed by atoms with E-state index in [0.29, 0.717) is 11.3 Å². The van der Waals surface area contributed by atoms with E-state index in [0.717, 1.165) is 42.8 Å². The van der Waals surface area contributed by atoms with E-state index in [1.165, 1.54) is 16.9 Å². The van der Waals surface area contributed by atoms with Gasteiger partial charge in [-0.05, 0) is 38.3 Å². The molecular formula is C19H19F3N6O. The minimum Gasteiger partial charge on any atom is -0.345 e. The van der Waals surface area contributed by atoms with Gasteiger partial charge in [0.1, 0.15) is 0 Å². The van der Waals surface area contributed by atoms with Crippen LogP contribution in [0.1, 0.15) is 51.8 Å². The first-order valence-electron chi connectivity index (χ1n) is 9.15. The van der Waals surface area contributed by atoms with Crippen molar-refractivity contribution in [1.29, 1.82) is 0 Å².